The van der Waals surface area contributed by atoms with Gasteiger partial charge in [-0.25, -0.2) is 18.7 Å². The number of halogens is 3. The summed E-state index contributed by atoms with van der Waals surface area (Å²) in [5.41, 5.74) is 3.05. The summed E-state index contributed by atoms with van der Waals surface area (Å²) < 4.78 is 27.1. The normalized spacial score (nSPS) is 16.3. The predicted octanol–water partition coefficient (Wildman–Crippen LogP) is -0.236. The minimum atomic E-state index is -0.575. The molecule has 4 nitrogen and oxygen atoms in total. The topological polar surface area (TPSA) is 45.6 Å². The molecule has 0 aliphatic carbocycles. The molecular formula is C18H19ClF2N4. The molecule has 0 radical (unpaired) electrons. The maximum atomic E-state index is 13.5. The number of nitrogens with two attached hydrogens (primary N) is 1. The van der Waals surface area contributed by atoms with Gasteiger partial charge in [-0.05, 0) is 38.3 Å². The van der Waals surface area contributed by atoms with Crippen molar-refractivity contribution in [3.05, 3.63) is 46.9 Å². The van der Waals surface area contributed by atoms with Gasteiger partial charge in [-0.2, -0.15) is 0 Å². The van der Waals surface area contributed by atoms with Gasteiger partial charge in [0, 0.05) is 30.8 Å². The maximum Gasteiger partial charge on any atom is 0.203 e. The van der Waals surface area contributed by atoms with Crippen LogP contribution in [0.2, 0.25) is 0 Å². The van der Waals surface area contributed by atoms with Crippen molar-refractivity contribution in [3.8, 4) is 0 Å². The molecule has 25 heavy (non-hydrogen) atoms. The Kier molecular flexibility index (Phi) is 5.01. The van der Waals surface area contributed by atoms with Crippen LogP contribution in [-0.2, 0) is 0 Å². The van der Waals surface area contributed by atoms with E-state index in [4.69, 9.17) is 0 Å². The lowest BCUT2D eigenvalue weighted by Crippen LogP contribution is -3.00. The van der Waals surface area contributed by atoms with E-state index >= 15 is 0 Å². The van der Waals surface area contributed by atoms with Crippen LogP contribution in [0.4, 0.5) is 20.3 Å². The van der Waals surface area contributed by atoms with Crippen LogP contribution in [0.5, 0.6) is 0 Å². The highest BCUT2D eigenvalue weighted by Gasteiger charge is 2.29. The summed E-state index contributed by atoms with van der Waals surface area (Å²) in [6, 6.07) is 3.57. The number of benzene rings is 1. The lowest BCUT2D eigenvalue weighted by Gasteiger charge is -2.28. The lowest BCUT2D eigenvalue weighted by atomic mass is 10.1. The van der Waals surface area contributed by atoms with Gasteiger partial charge in [-0.15, -0.1) is 0 Å². The summed E-state index contributed by atoms with van der Waals surface area (Å²) >= 11 is 0. The average Bonchev–Trinajstić information content (AvgIpc) is 2.98. The van der Waals surface area contributed by atoms with E-state index in [9.17, 15) is 8.78 Å². The number of aryl methyl sites for hydroxylation is 1. The van der Waals surface area contributed by atoms with Crippen molar-refractivity contribution in [1.82, 2.24) is 9.97 Å². The molecule has 0 bridgehead atoms. The molecule has 2 aromatic rings. The molecule has 2 aliphatic heterocycles. The van der Waals surface area contributed by atoms with Gasteiger partial charge in [-0.3, -0.25) is 5.32 Å². The Balaban J connectivity index is 0.00000182. The van der Waals surface area contributed by atoms with Crippen LogP contribution in [0.1, 0.15) is 36.3 Å². The van der Waals surface area contributed by atoms with Crippen molar-refractivity contribution in [2.45, 2.75) is 26.2 Å². The van der Waals surface area contributed by atoms with Gasteiger partial charge in [-0.1, -0.05) is 0 Å². The van der Waals surface area contributed by atoms with Crippen LogP contribution in [0, 0.1) is 18.6 Å². The fourth-order valence-electron chi connectivity index (χ4n) is 3.41. The van der Waals surface area contributed by atoms with Crippen LogP contribution in [0.15, 0.2) is 18.2 Å². The number of quaternary nitrogens is 1. The zero-order valence-corrected chi connectivity index (χ0v) is 14.7. The van der Waals surface area contributed by atoms with E-state index in [0.717, 1.165) is 54.9 Å². The number of nitrogens with zero attached hydrogens (tertiary/aromatic N) is 3. The number of hydrogen-bond donors (Lipinski definition) is 1. The van der Waals surface area contributed by atoms with Gasteiger partial charge in [0.15, 0.2) is 5.82 Å². The Hall–Kier alpha value is -2.05. The molecule has 3 heterocycles. The van der Waals surface area contributed by atoms with Gasteiger partial charge < -0.3 is 17.3 Å². The minimum absolute atomic E-state index is 0. The standard InChI is InChI=1S/C18H18F2N4.ClH/c1-11-21-16-10-15(12-7-13(19)9-14(20)8-12)23-17(16)18(22-11)24-5-3-2-4-6-24;/h7-10,23H,2-6H2,1H3;1H. The summed E-state index contributed by atoms with van der Waals surface area (Å²) in [6.07, 6.45) is 5.45. The zero-order chi connectivity index (χ0) is 16.7. The number of aromatic nitrogens is 2. The Labute approximate surface area is 151 Å². The van der Waals surface area contributed by atoms with Crippen LogP contribution in [0.3, 0.4) is 0 Å². The molecule has 0 atom stereocenters. The summed E-state index contributed by atoms with van der Waals surface area (Å²) in [6.45, 7) is 3.85. The molecule has 0 amide bonds. The van der Waals surface area contributed by atoms with Crippen molar-refractivity contribution in [1.29, 1.82) is 0 Å². The second-order valence-electron chi connectivity index (χ2n) is 6.34. The summed E-state index contributed by atoms with van der Waals surface area (Å²) in [5.74, 6) is 0.494. The molecule has 2 N–H and O–H groups in total. The van der Waals surface area contributed by atoms with Crippen molar-refractivity contribution >= 4 is 23.3 Å². The van der Waals surface area contributed by atoms with E-state index < -0.39 is 11.6 Å². The second-order valence-corrected chi connectivity index (χ2v) is 6.34. The minimum Gasteiger partial charge on any atom is -1.00 e. The molecule has 4 rings (SSSR count). The zero-order valence-electron chi connectivity index (χ0n) is 13.9. The quantitative estimate of drug-likeness (QED) is 0.800. The van der Waals surface area contributed by atoms with Crippen LogP contribution in [-0.4, -0.2) is 23.1 Å². The van der Waals surface area contributed by atoms with Gasteiger partial charge in [0.25, 0.3) is 0 Å². The Bertz CT molecular complexity index is 812. The summed E-state index contributed by atoms with van der Waals surface area (Å²) in [7, 11) is 0. The van der Waals surface area contributed by atoms with Gasteiger partial charge in [0.1, 0.15) is 28.8 Å². The largest absolute Gasteiger partial charge is 1.00 e. The van der Waals surface area contributed by atoms with Crippen molar-refractivity contribution in [2.24, 2.45) is 0 Å². The third-order valence-electron chi connectivity index (χ3n) is 4.51. The highest BCUT2D eigenvalue weighted by atomic mass is 35.5. The Morgan fingerprint density at radius 3 is 2.36 bits per heavy atom. The number of piperidine rings is 1. The van der Waals surface area contributed by atoms with Gasteiger partial charge >= 0.3 is 0 Å². The molecule has 1 saturated heterocycles. The Morgan fingerprint density at radius 2 is 1.68 bits per heavy atom. The number of rotatable bonds is 2. The molecule has 1 aromatic carbocycles. The van der Waals surface area contributed by atoms with Crippen LogP contribution >= 0.6 is 0 Å². The third kappa shape index (κ3) is 3.50. The van der Waals surface area contributed by atoms with Gasteiger partial charge in [0.2, 0.25) is 5.69 Å². The first kappa shape index (κ1) is 17.8. The summed E-state index contributed by atoms with van der Waals surface area (Å²) in [5, 5.41) is 1.94. The number of anilines is 1. The van der Waals surface area contributed by atoms with E-state index in [2.05, 4.69) is 14.9 Å². The molecule has 2 aliphatic rings. The lowest BCUT2D eigenvalue weighted by molar-refractivity contribution is -0.464. The monoisotopic (exact) mass is 364 g/mol. The first-order valence-corrected chi connectivity index (χ1v) is 8.27. The molecular weight excluding hydrogens is 346 g/mol. The molecule has 1 aromatic heterocycles. The van der Waals surface area contributed by atoms with Crippen molar-refractivity contribution in [3.63, 3.8) is 0 Å². The van der Waals surface area contributed by atoms with Crippen LogP contribution < -0.4 is 22.6 Å². The highest BCUT2D eigenvalue weighted by Crippen LogP contribution is 2.31. The average molecular weight is 365 g/mol. The molecule has 7 heteroatoms. The van der Waals surface area contributed by atoms with Crippen molar-refractivity contribution < 1.29 is 26.5 Å². The predicted molar refractivity (Wildman–Crippen MR) is 88.6 cm³/mol. The second kappa shape index (κ2) is 7.06. The molecule has 132 valence electrons. The molecule has 1 fully saturated rings. The fourth-order valence-corrected chi connectivity index (χ4v) is 3.41. The molecule has 0 unspecified atom stereocenters. The van der Waals surface area contributed by atoms with E-state index in [0.29, 0.717) is 11.4 Å². The number of hydrogen-bond acceptors (Lipinski definition) is 3. The van der Waals surface area contributed by atoms with E-state index in [1.807, 2.05) is 18.3 Å². The maximum absolute atomic E-state index is 13.5. The summed E-state index contributed by atoms with van der Waals surface area (Å²) in [4.78, 5) is 11.4. The van der Waals surface area contributed by atoms with Gasteiger partial charge in [0.05, 0.1) is 0 Å². The van der Waals surface area contributed by atoms with Crippen LogP contribution in [0.25, 0.3) is 11.8 Å². The SMILES string of the molecule is Cc1nc2c(c(N3CCCCC3)n1)[NH2+]C(c1cc(F)cc(F)c1)=C2.[Cl-]. The smallest absolute Gasteiger partial charge is 0.203 e. The first-order valence-electron chi connectivity index (χ1n) is 8.27. The third-order valence-corrected chi connectivity index (χ3v) is 4.51. The molecule has 0 saturated carbocycles. The fraction of sp³-hybridized carbons (Fsp3) is 0.333. The van der Waals surface area contributed by atoms with E-state index in [1.165, 1.54) is 18.6 Å². The van der Waals surface area contributed by atoms with E-state index in [1.54, 1.807) is 0 Å². The van der Waals surface area contributed by atoms with E-state index in [-0.39, 0.29) is 12.4 Å². The first-order chi connectivity index (χ1) is 11.6. The van der Waals surface area contributed by atoms with Crippen molar-refractivity contribution in [2.75, 3.05) is 18.0 Å². The Morgan fingerprint density at radius 1 is 1.00 bits per heavy atom. The number of fused-ring (bicyclic) bond motifs is 1. The molecule has 0 spiro atoms. The highest BCUT2D eigenvalue weighted by molar-refractivity contribution is 5.86.